The maximum Gasteiger partial charge on any atom is 0.254 e. The van der Waals surface area contributed by atoms with Crippen LogP contribution in [0, 0.1) is 0 Å². The Hall–Kier alpha value is -2.99. The molecule has 0 saturated carbocycles. The summed E-state index contributed by atoms with van der Waals surface area (Å²) < 4.78 is 30.1. The van der Waals surface area contributed by atoms with Crippen LogP contribution in [0.2, 0.25) is 5.02 Å². The number of carbonyl (C=O) groups is 2. The van der Waals surface area contributed by atoms with Gasteiger partial charge in [-0.05, 0) is 55.0 Å². The summed E-state index contributed by atoms with van der Waals surface area (Å²) in [5.74, 6) is 0.667. The summed E-state index contributed by atoms with van der Waals surface area (Å²) in [4.78, 5) is 37.4. The highest BCUT2D eigenvalue weighted by Gasteiger charge is 2.39. The molecule has 1 aromatic heterocycles. The van der Waals surface area contributed by atoms with E-state index < -0.39 is 16.1 Å². The van der Waals surface area contributed by atoms with Crippen LogP contribution >= 0.6 is 22.9 Å². The largest absolute Gasteiger partial charge is 0.358 e. The molecule has 9 nitrogen and oxygen atoms in total. The van der Waals surface area contributed by atoms with Gasteiger partial charge in [0.05, 0.1) is 12.6 Å². The van der Waals surface area contributed by atoms with E-state index in [-0.39, 0.29) is 42.1 Å². The number of thiophene rings is 1. The van der Waals surface area contributed by atoms with Gasteiger partial charge in [0.25, 0.3) is 15.9 Å². The highest BCUT2D eigenvalue weighted by Crippen LogP contribution is 2.34. The first kappa shape index (κ1) is 29.1. The first-order chi connectivity index (χ1) is 20.2. The number of benzene rings is 2. The molecule has 3 aromatic rings. The smallest absolute Gasteiger partial charge is 0.254 e. The fourth-order valence-corrected chi connectivity index (χ4v) is 9.27. The second-order valence-electron chi connectivity index (χ2n) is 11.1. The highest BCUT2D eigenvalue weighted by atomic mass is 35.5. The van der Waals surface area contributed by atoms with Crippen LogP contribution in [-0.2, 0) is 14.8 Å². The molecule has 1 unspecified atom stereocenters. The summed E-state index contributed by atoms with van der Waals surface area (Å²) in [6, 6.07) is 13.8. The summed E-state index contributed by atoms with van der Waals surface area (Å²) in [7, 11) is -1.84. The molecule has 12 heteroatoms. The van der Waals surface area contributed by atoms with Crippen molar-refractivity contribution in [1.82, 2.24) is 19.0 Å². The predicted molar refractivity (Wildman–Crippen MR) is 166 cm³/mol. The zero-order chi connectivity index (χ0) is 29.4. The van der Waals surface area contributed by atoms with E-state index in [0.29, 0.717) is 23.7 Å². The van der Waals surface area contributed by atoms with Crippen molar-refractivity contribution in [2.24, 2.45) is 4.99 Å². The fourth-order valence-electron chi connectivity index (χ4n) is 5.97. The number of carbonyl (C=O) groups excluding carboxylic acids is 2. The van der Waals surface area contributed by atoms with Crippen LogP contribution in [0.15, 0.2) is 57.7 Å². The van der Waals surface area contributed by atoms with Gasteiger partial charge in [0.1, 0.15) is 10.0 Å². The number of hydrogen-bond acceptors (Lipinski definition) is 7. The van der Waals surface area contributed by atoms with Gasteiger partial charge in [0.2, 0.25) is 5.91 Å². The normalized spacial score (nSPS) is 20.3. The van der Waals surface area contributed by atoms with E-state index in [1.807, 2.05) is 30.1 Å². The van der Waals surface area contributed by atoms with E-state index in [9.17, 15) is 18.0 Å². The van der Waals surface area contributed by atoms with Gasteiger partial charge in [0.15, 0.2) is 0 Å². The summed E-state index contributed by atoms with van der Waals surface area (Å²) >= 11 is 7.31. The third-order valence-electron chi connectivity index (χ3n) is 8.33. The molecule has 4 heterocycles. The first-order valence-corrected chi connectivity index (χ1v) is 17.0. The fraction of sp³-hybridized carbons (Fsp3) is 0.433. The van der Waals surface area contributed by atoms with Crippen molar-refractivity contribution in [3.8, 4) is 0 Å². The second-order valence-corrected chi connectivity index (χ2v) is 14.8. The number of hydrogen-bond donors (Lipinski definition) is 0. The van der Waals surface area contributed by atoms with Gasteiger partial charge in [-0.15, -0.1) is 11.3 Å². The van der Waals surface area contributed by atoms with Crippen molar-refractivity contribution < 1.29 is 18.0 Å². The number of likely N-dealkylation sites (N-methyl/N-ethyl adjacent to an activating group) is 1. The minimum Gasteiger partial charge on any atom is -0.358 e. The minimum atomic E-state index is -3.84. The summed E-state index contributed by atoms with van der Waals surface area (Å²) in [5.41, 5.74) is 1.46. The highest BCUT2D eigenvalue weighted by molar-refractivity contribution is 7.91. The lowest BCUT2D eigenvalue weighted by Crippen LogP contribution is -2.57. The van der Waals surface area contributed by atoms with Crippen LogP contribution in [0.25, 0.3) is 10.1 Å². The summed E-state index contributed by atoms with van der Waals surface area (Å²) in [6.07, 6.45) is 3.10. The van der Waals surface area contributed by atoms with E-state index >= 15 is 0 Å². The predicted octanol–water partition coefficient (Wildman–Crippen LogP) is 4.16. The summed E-state index contributed by atoms with van der Waals surface area (Å²) in [5, 5.41) is 1.36. The number of likely N-dealkylation sites (tertiary alicyclic amines) is 1. The molecule has 3 aliphatic heterocycles. The maximum absolute atomic E-state index is 13.8. The second kappa shape index (κ2) is 11.9. The Morgan fingerprint density at radius 2 is 1.74 bits per heavy atom. The van der Waals surface area contributed by atoms with E-state index in [0.717, 1.165) is 53.8 Å². The Kier molecular flexibility index (Phi) is 8.28. The quantitative estimate of drug-likeness (QED) is 0.409. The molecular weight excluding hydrogens is 594 g/mol. The van der Waals surface area contributed by atoms with Crippen molar-refractivity contribution in [2.75, 3.05) is 52.9 Å². The number of halogens is 1. The molecule has 0 N–H and O–H groups in total. The van der Waals surface area contributed by atoms with Gasteiger partial charge < -0.3 is 14.7 Å². The Morgan fingerprint density at radius 3 is 2.45 bits per heavy atom. The van der Waals surface area contributed by atoms with Crippen molar-refractivity contribution >= 4 is 60.7 Å². The van der Waals surface area contributed by atoms with Gasteiger partial charge in [0, 0.05) is 73.6 Å². The van der Waals surface area contributed by atoms with Crippen LogP contribution in [0.4, 0.5) is 0 Å². The van der Waals surface area contributed by atoms with Crippen LogP contribution < -0.4 is 0 Å². The van der Waals surface area contributed by atoms with Crippen molar-refractivity contribution in [1.29, 1.82) is 0 Å². The Bertz CT molecular complexity index is 1630. The molecule has 2 amide bonds. The number of piperidine rings is 1. The number of amides is 2. The lowest BCUT2D eigenvalue weighted by molar-refractivity contribution is -0.133. The molecule has 1 atom stereocenters. The average Bonchev–Trinajstić information content (AvgIpc) is 3.63. The molecule has 0 bridgehead atoms. The van der Waals surface area contributed by atoms with E-state index in [4.69, 9.17) is 11.6 Å². The zero-order valence-corrected chi connectivity index (χ0v) is 25.9. The molecule has 222 valence electrons. The van der Waals surface area contributed by atoms with Crippen LogP contribution in [0.3, 0.4) is 0 Å². The Balaban J connectivity index is 1.25. The minimum absolute atomic E-state index is 0.0362. The molecule has 0 aliphatic carbocycles. The molecular formula is C30H34ClN5O4S2. The Labute approximate surface area is 255 Å². The Morgan fingerprint density at radius 1 is 0.976 bits per heavy atom. The average molecular weight is 628 g/mol. The van der Waals surface area contributed by atoms with E-state index in [2.05, 4.69) is 9.89 Å². The van der Waals surface area contributed by atoms with E-state index in [1.165, 1.54) is 15.6 Å². The van der Waals surface area contributed by atoms with Gasteiger partial charge in [-0.1, -0.05) is 29.8 Å². The molecule has 2 aromatic carbocycles. The number of fused-ring (bicyclic) bond motifs is 1. The third-order valence-corrected chi connectivity index (χ3v) is 12.0. The van der Waals surface area contributed by atoms with Crippen LogP contribution in [-0.4, -0.2) is 104 Å². The number of rotatable bonds is 6. The van der Waals surface area contributed by atoms with Gasteiger partial charge in [-0.25, -0.2) is 8.42 Å². The lowest BCUT2D eigenvalue weighted by Gasteiger charge is -2.41. The summed E-state index contributed by atoms with van der Waals surface area (Å²) in [6.45, 7) is 3.42. The van der Waals surface area contributed by atoms with Crippen LogP contribution in [0.5, 0.6) is 0 Å². The molecule has 6 rings (SSSR count). The molecule has 0 spiro atoms. The number of piperazine rings is 1. The molecule has 0 radical (unpaired) electrons. The van der Waals surface area contributed by atoms with Gasteiger partial charge >= 0.3 is 0 Å². The lowest BCUT2D eigenvalue weighted by atomic mass is 10.0. The number of nitrogens with zero attached hydrogens (tertiary/aromatic N) is 5. The zero-order valence-electron chi connectivity index (χ0n) is 23.5. The molecule has 2 fully saturated rings. The van der Waals surface area contributed by atoms with Crippen molar-refractivity contribution in [3.05, 3.63) is 64.7 Å². The van der Waals surface area contributed by atoms with Crippen molar-refractivity contribution in [2.45, 2.75) is 35.9 Å². The maximum atomic E-state index is 13.8. The van der Waals surface area contributed by atoms with Gasteiger partial charge in [-0.3, -0.25) is 14.6 Å². The number of aliphatic imine (C=N–C) groups is 1. The van der Waals surface area contributed by atoms with Gasteiger partial charge in [-0.2, -0.15) is 4.31 Å². The first-order valence-electron chi connectivity index (χ1n) is 14.3. The molecule has 2 saturated heterocycles. The van der Waals surface area contributed by atoms with E-state index in [1.54, 1.807) is 35.2 Å². The van der Waals surface area contributed by atoms with Crippen LogP contribution in [0.1, 0.15) is 41.6 Å². The topological polar surface area (TPSA) is 93.6 Å². The molecule has 42 heavy (non-hydrogen) atoms. The number of sulfonamides is 1. The molecule has 3 aliphatic rings. The monoisotopic (exact) mass is 627 g/mol. The number of amidine groups is 1. The third kappa shape index (κ3) is 5.79. The standard InChI is InChI=1S/C30H34ClN5O4S2/c1-33-14-11-32-29(33)21-5-7-22(8-6-21)30(38)36-16-15-35(20-25(36)19-27(37)34-12-3-2-4-13-34)42(39,40)28-17-23-9-10-24(31)18-26(23)41-28/h5-10,17-18,25H,2-4,11-16,19-20H2,1H3. The SMILES string of the molecule is CN1CCN=C1c1ccc(C(=O)N2CCN(S(=O)(=O)c3cc4ccc(Cl)cc4s3)CC2CC(=O)N2CCCCC2)cc1. The van der Waals surface area contributed by atoms with Crippen molar-refractivity contribution in [3.63, 3.8) is 0 Å².